The number of aryl methyl sites for hydroxylation is 2. The molecule has 0 saturated carbocycles. The average Bonchev–Trinajstić information content (AvgIpc) is 3.42. The molecule has 4 heterocycles. The molecule has 4 aromatic rings. The van der Waals surface area contributed by atoms with Crippen LogP contribution in [-0.2, 0) is 15.5 Å². The topological polar surface area (TPSA) is 163 Å². The van der Waals surface area contributed by atoms with Gasteiger partial charge in [0.05, 0.1) is 45.8 Å². The van der Waals surface area contributed by atoms with Crippen molar-refractivity contribution in [3.8, 4) is 5.69 Å². The molecule has 0 spiro atoms. The highest BCUT2D eigenvalue weighted by molar-refractivity contribution is 7.85. The van der Waals surface area contributed by atoms with E-state index in [0.717, 1.165) is 22.9 Å². The molecule has 47 heavy (non-hydrogen) atoms. The SMILES string of the molecule is CS(=O)(=O)O.Cc1ccc(-n2nc(C(C)(C)C)cc2NC(=O)Nc2ccc(N3CCN(C(=O)c4ccccc4Cl)CC3)nc2C)cn1. The van der Waals surface area contributed by atoms with E-state index in [-0.39, 0.29) is 11.3 Å². The summed E-state index contributed by atoms with van der Waals surface area (Å²) in [5.74, 6) is 1.27. The number of amides is 3. The van der Waals surface area contributed by atoms with Crippen LogP contribution in [0.1, 0.15) is 48.2 Å². The Kier molecular flexibility index (Phi) is 10.9. The fraction of sp³-hybridized carbons (Fsp3) is 0.344. The predicted octanol–water partition coefficient (Wildman–Crippen LogP) is 5.34. The third-order valence-corrected chi connectivity index (χ3v) is 7.50. The van der Waals surface area contributed by atoms with Gasteiger partial charge in [0.25, 0.3) is 16.0 Å². The van der Waals surface area contributed by atoms with Crippen molar-refractivity contribution in [2.24, 2.45) is 0 Å². The van der Waals surface area contributed by atoms with Crippen LogP contribution in [0.3, 0.4) is 0 Å². The first-order valence-corrected chi connectivity index (χ1v) is 17.0. The standard InChI is InChI=1S/C31H35ClN8O2.CH4O3S/c1-20-10-11-22(19-33-20)40-28(18-26(37-40)31(3,4)5)36-30(42)35-25-12-13-27(34-21(25)2)38-14-16-39(17-15-38)29(41)23-8-6-7-9-24(23)32;1-5(2,3)4/h6-13,18-19H,14-17H2,1-5H3,(H2,35,36,42);1H3,(H,2,3,4). The summed E-state index contributed by atoms with van der Waals surface area (Å²) < 4.78 is 27.6. The van der Waals surface area contributed by atoms with Crippen LogP contribution in [0.25, 0.3) is 5.69 Å². The van der Waals surface area contributed by atoms with Crippen molar-refractivity contribution in [1.29, 1.82) is 0 Å². The second kappa shape index (κ2) is 14.5. The lowest BCUT2D eigenvalue weighted by Gasteiger charge is -2.35. The maximum Gasteiger partial charge on any atom is 0.324 e. The molecule has 0 radical (unpaired) electrons. The van der Waals surface area contributed by atoms with E-state index in [1.165, 1.54) is 0 Å². The molecule has 3 aromatic heterocycles. The molecular weight excluding hydrogens is 644 g/mol. The summed E-state index contributed by atoms with van der Waals surface area (Å²) in [6.45, 7) is 12.4. The molecule has 1 aromatic carbocycles. The minimum Gasteiger partial charge on any atom is -0.353 e. The molecule has 13 nitrogen and oxygen atoms in total. The molecule has 1 aliphatic heterocycles. The number of halogens is 1. The van der Waals surface area contributed by atoms with Crippen molar-refractivity contribution in [2.75, 3.05) is 48.0 Å². The minimum absolute atomic E-state index is 0.0652. The second-order valence-corrected chi connectivity index (χ2v) is 14.0. The first-order valence-electron chi connectivity index (χ1n) is 14.8. The lowest BCUT2D eigenvalue weighted by atomic mass is 9.92. The van der Waals surface area contributed by atoms with Gasteiger partial charge in [0.15, 0.2) is 0 Å². The number of anilines is 3. The fourth-order valence-corrected chi connectivity index (χ4v) is 4.90. The summed E-state index contributed by atoms with van der Waals surface area (Å²) >= 11 is 6.23. The van der Waals surface area contributed by atoms with Crippen LogP contribution in [0.4, 0.5) is 22.1 Å². The maximum absolute atomic E-state index is 13.1. The number of piperazine rings is 1. The molecule has 1 aliphatic rings. The Morgan fingerprint density at radius 2 is 1.62 bits per heavy atom. The lowest BCUT2D eigenvalue weighted by Crippen LogP contribution is -2.49. The number of urea groups is 1. The van der Waals surface area contributed by atoms with Crippen molar-refractivity contribution in [3.05, 3.63) is 88.5 Å². The number of benzene rings is 1. The normalized spacial score (nSPS) is 13.4. The molecule has 250 valence electrons. The van der Waals surface area contributed by atoms with Gasteiger partial charge in [0.2, 0.25) is 0 Å². The summed E-state index contributed by atoms with van der Waals surface area (Å²) in [6, 6.07) is 16.1. The van der Waals surface area contributed by atoms with Crippen LogP contribution < -0.4 is 15.5 Å². The number of aromatic nitrogens is 4. The van der Waals surface area contributed by atoms with Gasteiger partial charge in [-0.3, -0.25) is 19.6 Å². The van der Waals surface area contributed by atoms with Crippen molar-refractivity contribution < 1.29 is 22.6 Å². The molecule has 0 atom stereocenters. The summed E-state index contributed by atoms with van der Waals surface area (Å²) in [7, 11) is -3.67. The Hall–Kier alpha value is -4.53. The van der Waals surface area contributed by atoms with E-state index in [4.69, 9.17) is 26.2 Å². The number of nitrogens with one attached hydrogen (secondary N) is 2. The third kappa shape index (κ3) is 9.73. The van der Waals surface area contributed by atoms with Gasteiger partial charge in [-0.2, -0.15) is 13.5 Å². The molecule has 3 amide bonds. The molecule has 0 aliphatic carbocycles. The van der Waals surface area contributed by atoms with Crippen molar-refractivity contribution in [2.45, 2.75) is 40.0 Å². The van der Waals surface area contributed by atoms with Gasteiger partial charge in [-0.25, -0.2) is 14.5 Å². The first-order chi connectivity index (χ1) is 22.0. The van der Waals surface area contributed by atoms with E-state index in [1.807, 2.05) is 61.2 Å². The average molecular weight is 683 g/mol. The molecule has 1 saturated heterocycles. The molecule has 0 bridgehead atoms. The smallest absolute Gasteiger partial charge is 0.324 e. The van der Waals surface area contributed by atoms with Gasteiger partial charge in [0, 0.05) is 43.4 Å². The highest BCUT2D eigenvalue weighted by atomic mass is 35.5. The van der Waals surface area contributed by atoms with Gasteiger partial charge in [-0.05, 0) is 50.2 Å². The molecule has 1 fully saturated rings. The van der Waals surface area contributed by atoms with Crippen LogP contribution in [0.2, 0.25) is 5.02 Å². The fourth-order valence-electron chi connectivity index (χ4n) is 4.69. The van der Waals surface area contributed by atoms with E-state index in [2.05, 4.69) is 41.3 Å². The van der Waals surface area contributed by atoms with Gasteiger partial charge >= 0.3 is 6.03 Å². The van der Waals surface area contributed by atoms with Gasteiger partial charge < -0.3 is 15.1 Å². The van der Waals surface area contributed by atoms with Crippen LogP contribution in [0.15, 0.2) is 60.8 Å². The van der Waals surface area contributed by atoms with Crippen LogP contribution in [-0.4, -0.2) is 82.0 Å². The summed E-state index contributed by atoms with van der Waals surface area (Å²) in [6.07, 6.45) is 2.45. The molecule has 15 heteroatoms. The van der Waals surface area contributed by atoms with E-state index in [0.29, 0.717) is 60.2 Å². The Morgan fingerprint density at radius 1 is 0.957 bits per heavy atom. The molecule has 3 N–H and O–H groups in total. The van der Waals surface area contributed by atoms with E-state index in [1.54, 1.807) is 23.0 Å². The van der Waals surface area contributed by atoms with Crippen molar-refractivity contribution in [1.82, 2.24) is 24.6 Å². The van der Waals surface area contributed by atoms with Crippen molar-refractivity contribution in [3.63, 3.8) is 0 Å². The van der Waals surface area contributed by atoms with Crippen LogP contribution in [0.5, 0.6) is 0 Å². The number of hydrogen-bond acceptors (Lipinski definition) is 8. The highest BCUT2D eigenvalue weighted by Gasteiger charge is 2.25. The quantitative estimate of drug-likeness (QED) is 0.236. The summed E-state index contributed by atoms with van der Waals surface area (Å²) in [5.41, 5.74) is 4.08. The molecule has 5 rings (SSSR count). The van der Waals surface area contributed by atoms with E-state index >= 15 is 0 Å². The van der Waals surface area contributed by atoms with Gasteiger partial charge in [-0.15, -0.1) is 0 Å². The van der Waals surface area contributed by atoms with Crippen LogP contribution in [0, 0.1) is 13.8 Å². The predicted molar refractivity (Wildman–Crippen MR) is 183 cm³/mol. The van der Waals surface area contributed by atoms with E-state index < -0.39 is 16.1 Å². The first kappa shape index (κ1) is 35.3. The largest absolute Gasteiger partial charge is 0.353 e. The zero-order valence-corrected chi connectivity index (χ0v) is 28.7. The Bertz CT molecular complexity index is 1840. The minimum atomic E-state index is -3.67. The highest BCUT2D eigenvalue weighted by Crippen LogP contribution is 2.27. The number of carbonyl (C=O) groups excluding carboxylic acids is 2. The zero-order valence-electron chi connectivity index (χ0n) is 27.2. The summed E-state index contributed by atoms with van der Waals surface area (Å²) in [4.78, 5) is 39.1. The number of carbonyl (C=O) groups is 2. The Morgan fingerprint density at radius 3 is 2.19 bits per heavy atom. The van der Waals surface area contributed by atoms with Crippen LogP contribution >= 0.6 is 11.6 Å². The number of hydrogen-bond donors (Lipinski definition) is 3. The summed E-state index contributed by atoms with van der Waals surface area (Å²) in [5, 5.41) is 11.1. The molecule has 0 unspecified atom stereocenters. The van der Waals surface area contributed by atoms with Crippen molar-refractivity contribution >= 4 is 51.0 Å². The van der Waals surface area contributed by atoms with E-state index in [9.17, 15) is 18.0 Å². The Labute approximate surface area is 279 Å². The number of pyridine rings is 2. The number of rotatable bonds is 5. The second-order valence-electron chi connectivity index (χ2n) is 12.1. The molecular formula is C32H39ClN8O5S. The lowest BCUT2D eigenvalue weighted by molar-refractivity contribution is 0.0746. The Balaban J connectivity index is 0.000000930. The maximum atomic E-state index is 13.1. The van der Waals surface area contributed by atoms with Gasteiger partial charge in [0.1, 0.15) is 11.6 Å². The third-order valence-electron chi connectivity index (χ3n) is 7.17. The monoisotopic (exact) mass is 682 g/mol. The van der Waals surface area contributed by atoms with Gasteiger partial charge in [-0.1, -0.05) is 44.5 Å². The number of nitrogens with zero attached hydrogens (tertiary/aromatic N) is 6. The zero-order chi connectivity index (χ0) is 34.5.